The molecule has 2 heterocycles. The highest BCUT2D eigenvalue weighted by atomic mass is 16.5. The summed E-state index contributed by atoms with van der Waals surface area (Å²) in [7, 11) is 1.56. The molecule has 0 unspecified atom stereocenters. The van der Waals surface area contributed by atoms with Crippen LogP contribution in [0.15, 0.2) is 79.1 Å². The molecule has 0 radical (unpaired) electrons. The van der Waals surface area contributed by atoms with Gasteiger partial charge in [-0.3, -0.25) is 15.1 Å². The number of carbonyl (C=O) groups excluding carboxylic acids is 2. The molecule has 3 amide bonds. The quantitative estimate of drug-likeness (QED) is 0.246. The molecule has 2 aromatic carbocycles. The van der Waals surface area contributed by atoms with Gasteiger partial charge in [-0.25, -0.2) is 9.48 Å². The van der Waals surface area contributed by atoms with Crippen molar-refractivity contribution in [2.75, 3.05) is 29.7 Å². The first-order valence-corrected chi connectivity index (χ1v) is 12.5. The zero-order valence-corrected chi connectivity index (χ0v) is 22.4. The minimum absolute atomic E-state index is 0.130. The summed E-state index contributed by atoms with van der Waals surface area (Å²) < 4.78 is 12.4. The molecule has 10 heteroatoms. The number of anilines is 3. The fourth-order valence-corrected chi connectivity index (χ4v) is 3.57. The van der Waals surface area contributed by atoms with Crippen molar-refractivity contribution < 1.29 is 19.1 Å². The number of pyridine rings is 1. The molecule has 0 aliphatic heterocycles. The molecule has 0 saturated carbocycles. The highest BCUT2D eigenvalue weighted by Crippen LogP contribution is 2.27. The maximum Gasteiger partial charge on any atom is 0.324 e. The van der Waals surface area contributed by atoms with Crippen LogP contribution in [0.25, 0.3) is 5.69 Å². The SMILES string of the molecule is COCCC(=O)Nc1ccc(-n2nc(C(C)(C)C)cc2NC(=O)Nc2ccc(Oc3ccncc3)cc2)cc1. The standard InChI is InChI=1S/C29H32N6O4/c1-29(2,3)25-19-26(35(34-25)22-9-5-20(6-10-22)31-27(36)15-18-38-4)33-28(37)32-21-7-11-23(12-8-21)39-24-13-16-30-17-14-24/h5-14,16-17,19H,15,18H2,1-4H3,(H,31,36)(H2,32,33,37). The summed E-state index contributed by atoms with van der Waals surface area (Å²) in [6.45, 7) is 6.51. The number of nitrogens with one attached hydrogen (secondary N) is 3. The highest BCUT2D eigenvalue weighted by molar-refractivity contribution is 5.99. The van der Waals surface area contributed by atoms with Gasteiger partial charge < -0.3 is 20.1 Å². The Balaban J connectivity index is 1.46. The second kappa shape index (κ2) is 12.2. The lowest BCUT2D eigenvalue weighted by atomic mass is 9.92. The van der Waals surface area contributed by atoms with Gasteiger partial charge in [0.1, 0.15) is 17.3 Å². The van der Waals surface area contributed by atoms with Crippen molar-refractivity contribution in [2.45, 2.75) is 32.6 Å². The monoisotopic (exact) mass is 528 g/mol. The predicted molar refractivity (Wildman–Crippen MR) is 151 cm³/mol. The van der Waals surface area contributed by atoms with Crippen molar-refractivity contribution >= 4 is 29.1 Å². The van der Waals surface area contributed by atoms with Crippen LogP contribution in [0, 0.1) is 0 Å². The molecule has 2 aromatic heterocycles. The zero-order valence-electron chi connectivity index (χ0n) is 22.4. The molecule has 202 valence electrons. The largest absolute Gasteiger partial charge is 0.457 e. The molecule has 0 spiro atoms. The Labute approximate surface area is 227 Å². The Morgan fingerprint density at radius 2 is 1.46 bits per heavy atom. The molecule has 4 aromatic rings. The summed E-state index contributed by atoms with van der Waals surface area (Å²) in [5.41, 5.74) is 2.57. The number of hydrogen-bond donors (Lipinski definition) is 3. The first-order chi connectivity index (χ1) is 18.7. The number of methoxy groups -OCH3 is 1. The number of rotatable bonds is 9. The summed E-state index contributed by atoms with van der Waals surface area (Å²) in [4.78, 5) is 28.9. The van der Waals surface area contributed by atoms with Crippen molar-refractivity contribution in [2.24, 2.45) is 0 Å². The Morgan fingerprint density at radius 3 is 2.10 bits per heavy atom. The normalized spacial score (nSPS) is 11.1. The zero-order chi connectivity index (χ0) is 27.8. The lowest BCUT2D eigenvalue weighted by Gasteiger charge is -2.14. The fourth-order valence-electron chi connectivity index (χ4n) is 3.57. The van der Waals surface area contributed by atoms with Gasteiger partial charge in [0.25, 0.3) is 0 Å². The minimum Gasteiger partial charge on any atom is -0.457 e. The molecule has 0 aliphatic carbocycles. The van der Waals surface area contributed by atoms with Crippen LogP contribution in [0.4, 0.5) is 22.0 Å². The third-order valence-electron chi connectivity index (χ3n) is 5.65. The second-order valence-electron chi connectivity index (χ2n) is 9.80. The summed E-state index contributed by atoms with van der Waals surface area (Å²) in [5.74, 6) is 1.69. The van der Waals surface area contributed by atoms with E-state index in [9.17, 15) is 9.59 Å². The van der Waals surface area contributed by atoms with E-state index < -0.39 is 6.03 Å². The van der Waals surface area contributed by atoms with Crippen LogP contribution in [-0.4, -0.2) is 40.4 Å². The molecule has 39 heavy (non-hydrogen) atoms. The summed E-state index contributed by atoms with van der Waals surface area (Å²) in [5, 5.41) is 13.3. The Kier molecular flexibility index (Phi) is 8.57. The van der Waals surface area contributed by atoms with E-state index in [1.54, 1.807) is 72.7 Å². The average Bonchev–Trinajstić information content (AvgIpc) is 3.34. The van der Waals surface area contributed by atoms with E-state index in [4.69, 9.17) is 14.6 Å². The van der Waals surface area contributed by atoms with Crippen LogP contribution >= 0.6 is 0 Å². The number of ether oxygens (including phenoxy) is 2. The summed E-state index contributed by atoms with van der Waals surface area (Å²) in [6, 6.07) is 19.3. The number of urea groups is 1. The Hall–Kier alpha value is -4.70. The molecule has 4 rings (SSSR count). The van der Waals surface area contributed by atoms with Gasteiger partial charge in [0.15, 0.2) is 0 Å². The van der Waals surface area contributed by atoms with E-state index in [1.807, 2.05) is 18.2 Å². The molecule has 0 saturated heterocycles. The molecule has 0 bridgehead atoms. The number of amides is 3. The Bertz CT molecular complexity index is 1390. The van der Waals surface area contributed by atoms with E-state index in [0.29, 0.717) is 35.3 Å². The molecule has 10 nitrogen and oxygen atoms in total. The van der Waals surface area contributed by atoms with Gasteiger partial charge in [-0.05, 0) is 60.7 Å². The number of hydrogen-bond acceptors (Lipinski definition) is 6. The summed E-state index contributed by atoms with van der Waals surface area (Å²) in [6.07, 6.45) is 3.58. The van der Waals surface area contributed by atoms with E-state index in [-0.39, 0.29) is 17.7 Å². The minimum atomic E-state index is -0.415. The van der Waals surface area contributed by atoms with Crippen LogP contribution in [0.3, 0.4) is 0 Å². The van der Waals surface area contributed by atoms with Crippen LogP contribution in [0.2, 0.25) is 0 Å². The van der Waals surface area contributed by atoms with Crippen LogP contribution in [0.1, 0.15) is 32.9 Å². The van der Waals surface area contributed by atoms with Crippen molar-refractivity contribution in [3.8, 4) is 17.2 Å². The van der Waals surface area contributed by atoms with Gasteiger partial charge in [0.2, 0.25) is 5.91 Å². The van der Waals surface area contributed by atoms with E-state index in [0.717, 1.165) is 11.4 Å². The van der Waals surface area contributed by atoms with Crippen LogP contribution < -0.4 is 20.7 Å². The molecule has 3 N–H and O–H groups in total. The lowest BCUT2D eigenvalue weighted by Crippen LogP contribution is -2.21. The number of benzene rings is 2. The topological polar surface area (TPSA) is 119 Å². The van der Waals surface area contributed by atoms with Gasteiger partial charge in [-0.2, -0.15) is 5.10 Å². The van der Waals surface area contributed by atoms with Crippen LogP contribution in [0.5, 0.6) is 11.5 Å². The third kappa shape index (κ3) is 7.65. The van der Waals surface area contributed by atoms with Crippen molar-refractivity contribution in [1.29, 1.82) is 0 Å². The first-order valence-electron chi connectivity index (χ1n) is 12.5. The molecule has 0 atom stereocenters. The van der Waals surface area contributed by atoms with Crippen LogP contribution in [-0.2, 0) is 14.9 Å². The lowest BCUT2D eigenvalue weighted by molar-refractivity contribution is -0.117. The molecule has 0 aliphatic rings. The molecular formula is C29H32N6O4. The predicted octanol–water partition coefficient (Wildman–Crippen LogP) is 5.98. The maximum absolute atomic E-state index is 12.9. The smallest absolute Gasteiger partial charge is 0.324 e. The van der Waals surface area contributed by atoms with E-state index in [1.165, 1.54) is 0 Å². The Morgan fingerprint density at radius 1 is 0.846 bits per heavy atom. The molecule has 0 fully saturated rings. The fraction of sp³-hybridized carbons (Fsp3) is 0.241. The number of nitrogens with zero attached hydrogens (tertiary/aromatic N) is 3. The average molecular weight is 529 g/mol. The van der Waals surface area contributed by atoms with Crippen molar-refractivity contribution in [1.82, 2.24) is 14.8 Å². The van der Waals surface area contributed by atoms with Crippen molar-refractivity contribution in [3.63, 3.8) is 0 Å². The highest BCUT2D eigenvalue weighted by Gasteiger charge is 2.21. The van der Waals surface area contributed by atoms with Gasteiger partial charge in [-0.1, -0.05) is 20.8 Å². The third-order valence-corrected chi connectivity index (χ3v) is 5.65. The maximum atomic E-state index is 12.9. The van der Waals surface area contributed by atoms with Gasteiger partial charge in [-0.15, -0.1) is 0 Å². The second-order valence-corrected chi connectivity index (χ2v) is 9.80. The van der Waals surface area contributed by atoms with E-state index >= 15 is 0 Å². The van der Waals surface area contributed by atoms with E-state index in [2.05, 4.69) is 41.7 Å². The van der Waals surface area contributed by atoms with Gasteiger partial charge >= 0.3 is 6.03 Å². The summed E-state index contributed by atoms with van der Waals surface area (Å²) >= 11 is 0. The van der Waals surface area contributed by atoms with Gasteiger partial charge in [0.05, 0.1) is 24.4 Å². The number of aromatic nitrogens is 3. The number of carbonyl (C=O) groups is 2. The first kappa shape index (κ1) is 27.3. The van der Waals surface area contributed by atoms with Gasteiger partial charge in [0, 0.05) is 42.4 Å². The molecular weight excluding hydrogens is 496 g/mol. The van der Waals surface area contributed by atoms with Crippen molar-refractivity contribution in [3.05, 3.63) is 84.8 Å².